The Labute approximate surface area is 80.9 Å². The lowest BCUT2D eigenvalue weighted by Crippen LogP contribution is -2.11. The highest BCUT2D eigenvalue weighted by Crippen LogP contribution is 2.05. The zero-order valence-electron chi connectivity index (χ0n) is 7.64. The van der Waals surface area contributed by atoms with Crippen molar-refractivity contribution in [2.24, 2.45) is 0 Å². The van der Waals surface area contributed by atoms with Gasteiger partial charge < -0.3 is 5.11 Å². The molecular formula is C9H9N3O2. The lowest BCUT2D eigenvalue weighted by molar-refractivity contribution is -0.137. The summed E-state index contributed by atoms with van der Waals surface area (Å²) in [7, 11) is 0. The van der Waals surface area contributed by atoms with Gasteiger partial charge in [0.25, 0.3) is 0 Å². The Morgan fingerprint density at radius 1 is 1.86 bits per heavy atom. The van der Waals surface area contributed by atoms with E-state index in [2.05, 4.69) is 5.10 Å². The van der Waals surface area contributed by atoms with E-state index in [-0.39, 0.29) is 6.54 Å². The van der Waals surface area contributed by atoms with E-state index >= 15 is 0 Å². The molecule has 72 valence electrons. The second-order valence-electron chi connectivity index (χ2n) is 2.75. The van der Waals surface area contributed by atoms with Crippen LogP contribution in [-0.2, 0) is 11.3 Å². The van der Waals surface area contributed by atoms with E-state index in [1.54, 1.807) is 19.1 Å². The fourth-order valence-electron chi connectivity index (χ4n) is 0.980. The van der Waals surface area contributed by atoms with Gasteiger partial charge in [0, 0.05) is 11.8 Å². The predicted octanol–water partition coefficient (Wildman–Crippen LogP) is 0.895. The summed E-state index contributed by atoms with van der Waals surface area (Å²) in [6, 6.07) is 3.61. The van der Waals surface area contributed by atoms with Gasteiger partial charge in [-0.05, 0) is 19.1 Å². The van der Waals surface area contributed by atoms with Crippen LogP contribution in [0.1, 0.15) is 12.6 Å². The van der Waals surface area contributed by atoms with E-state index < -0.39 is 5.97 Å². The molecule has 1 N–H and O–H groups in total. The third-order valence-electron chi connectivity index (χ3n) is 1.58. The van der Waals surface area contributed by atoms with Gasteiger partial charge in [0.1, 0.15) is 6.54 Å². The average molecular weight is 191 g/mol. The van der Waals surface area contributed by atoms with Crippen LogP contribution in [0.5, 0.6) is 0 Å². The number of carboxylic acid groups (broad SMARTS) is 1. The number of hydrogen-bond donors (Lipinski definition) is 1. The standard InChI is InChI=1S/C9H9N3O2/c1-7(5-10)4-8-2-3-11-12(8)6-9(13)14/h2-4H,6H2,1H3,(H,13,14). The average Bonchev–Trinajstić information content (AvgIpc) is 2.52. The third kappa shape index (κ3) is 2.45. The molecule has 0 amide bonds. The molecule has 0 fully saturated rings. The molecule has 1 heterocycles. The molecule has 0 aromatic carbocycles. The second-order valence-corrected chi connectivity index (χ2v) is 2.75. The lowest BCUT2D eigenvalue weighted by atomic mass is 10.2. The van der Waals surface area contributed by atoms with Crippen LogP contribution >= 0.6 is 0 Å². The van der Waals surface area contributed by atoms with E-state index in [1.165, 1.54) is 10.9 Å². The van der Waals surface area contributed by atoms with Crippen molar-refractivity contribution in [3.63, 3.8) is 0 Å². The van der Waals surface area contributed by atoms with Gasteiger partial charge in [0.2, 0.25) is 0 Å². The first-order valence-electron chi connectivity index (χ1n) is 3.95. The summed E-state index contributed by atoms with van der Waals surface area (Å²) in [6.07, 6.45) is 3.09. The molecule has 14 heavy (non-hydrogen) atoms. The molecule has 1 aromatic rings. The van der Waals surface area contributed by atoms with Crippen LogP contribution in [0.25, 0.3) is 6.08 Å². The number of carbonyl (C=O) groups is 1. The summed E-state index contributed by atoms with van der Waals surface area (Å²) in [5.74, 6) is -0.960. The molecule has 0 saturated heterocycles. The number of carboxylic acids is 1. The normalized spacial score (nSPS) is 11.0. The van der Waals surface area contributed by atoms with Crippen LogP contribution in [0.2, 0.25) is 0 Å². The monoisotopic (exact) mass is 191 g/mol. The van der Waals surface area contributed by atoms with Crippen molar-refractivity contribution in [1.82, 2.24) is 9.78 Å². The van der Waals surface area contributed by atoms with Crippen LogP contribution in [0.3, 0.4) is 0 Å². The van der Waals surface area contributed by atoms with Crippen LogP contribution in [0.15, 0.2) is 17.8 Å². The maximum atomic E-state index is 10.4. The molecule has 0 radical (unpaired) electrons. The molecule has 0 spiro atoms. The highest BCUT2D eigenvalue weighted by atomic mass is 16.4. The maximum absolute atomic E-state index is 10.4. The number of nitriles is 1. The Kier molecular flexibility index (Phi) is 3.02. The summed E-state index contributed by atoms with van der Waals surface area (Å²) < 4.78 is 1.32. The lowest BCUT2D eigenvalue weighted by Gasteiger charge is -1.99. The molecule has 0 saturated carbocycles. The van der Waals surface area contributed by atoms with E-state index in [9.17, 15) is 4.79 Å². The molecule has 0 bridgehead atoms. The van der Waals surface area contributed by atoms with E-state index in [0.29, 0.717) is 11.3 Å². The summed E-state index contributed by atoms with van der Waals surface area (Å²) in [5, 5.41) is 20.9. The first-order valence-corrected chi connectivity index (χ1v) is 3.95. The van der Waals surface area contributed by atoms with Crippen molar-refractivity contribution in [2.45, 2.75) is 13.5 Å². The van der Waals surface area contributed by atoms with Crippen LogP contribution in [0.4, 0.5) is 0 Å². The Morgan fingerprint density at radius 2 is 2.57 bits per heavy atom. The van der Waals surface area contributed by atoms with Gasteiger partial charge in [-0.15, -0.1) is 0 Å². The minimum Gasteiger partial charge on any atom is -0.480 e. The predicted molar refractivity (Wildman–Crippen MR) is 49.1 cm³/mol. The Balaban J connectivity index is 2.94. The second kappa shape index (κ2) is 4.23. The zero-order chi connectivity index (χ0) is 10.6. The number of nitrogens with zero attached hydrogens (tertiary/aromatic N) is 3. The fraction of sp³-hybridized carbons (Fsp3) is 0.222. The van der Waals surface area contributed by atoms with Gasteiger partial charge in [-0.2, -0.15) is 10.4 Å². The number of aromatic nitrogens is 2. The Hall–Kier alpha value is -2.09. The SMILES string of the molecule is CC(C#N)=Cc1ccnn1CC(=O)O. The first kappa shape index (κ1) is 9.99. The Morgan fingerprint density at radius 3 is 3.14 bits per heavy atom. The van der Waals surface area contributed by atoms with Gasteiger partial charge in [-0.1, -0.05) is 0 Å². The summed E-state index contributed by atoms with van der Waals surface area (Å²) in [4.78, 5) is 10.4. The molecule has 1 aromatic heterocycles. The number of rotatable bonds is 3. The van der Waals surface area contributed by atoms with Crippen molar-refractivity contribution < 1.29 is 9.90 Å². The van der Waals surface area contributed by atoms with E-state index in [0.717, 1.165) is 0 Å². The maximum Gasteiger partial charge on any atom is 0.325 e. The van der Waals surface area contributed by atoms with E-state index in [4.69, 9.17) is 10.4 Å². The van der Waals surface area contributed by atoms with Crippen molar-refractivity contribution in [2.75, 3.05) is 0 Å². The van der Waals surface area contributed by atoms with Gasteiger partial charge in [-0.25, -0.2) is 0 Å². The number of allylic oxidation sites excluding steroid dienone is 1. The van der Waals surface area contributed by atoms with Crippen LogP contribution in [0, 0.1) is 11.3 Å². The zero-order valence-corrected chi connectivity index (χ0v) is 7.64. The fourth-order valence-corrected chi connectivity index (χ4v) is 0.980. The molecule has 5 nitrogen and oxygen atoms in total. The highest BCUT2D eigenvalue weighted by Gasteiger charge is 2.03. The minimum absolute atomic E-state index is 0.197. The van der Waals surface area contributed by atoms with Crippen LogP contribution in [-0.4, -0.2) is 20.9 Å². The van der Waals surface area contributed by atoms with Gasteiger partial charge in [0.05, 0.1) is 11.8 Å². The summed E-state index contributed by atoms with van der Waals surface area (Å²) in [6.45, 7) is 1.45. The first-order chi connectivity index (χ1) is 6.63. The highest BCUT2D eigenvalue weighted by molar-refractivity contribution is 5.67. The molecule has 0 unspecified atom stereocenters. The van der Waals surface area contributed by atoms with Crippen molar-refractivity contribution in [3.05, 3.63) is 23.5 Å². The molecule has 0 aliphatic heterocycles. The molecule has 1 rings (SSSR count). The topological polar surface area (TPSA) is 78.9 Å². The van der Waals surface area contributed by atoms with Gasteiger partial charge in [-0.3, -0.25) is 9.48 Å². The minimum atomic E-state index is -0.960. The third-order valence-corrected chi connectivity index (χ3v) is 1.58. The smallest absolute Gasteiger partial charge is 0.325 e. The summed E-state index contributed by atoms with van der Waals surface area (Å²) >= 11 is 0. The molecule has 0 atom stereocenters. The number of hydrogen-bond acceptors (Lipinski definition) is 3. The largest absolute Gasteiger partial charge is 0.480 e. The van der Waals surface area contributed by atoms with Crippen molar-refractivity contribution in [3.8, 4) is 6.07 Å². The van der Waals surface area contributed by atoms with Crippen molar-refractivity contribution >= 4 is 12.0 Å². The Bertz CT molecular complexity index is 412. The van der Waals surface area contributed by atoms with Gasteiger partial charge in [0.15, 0.2) is 0 Å². The van der Waals surface area contributed by atoms with Crippen molar-refractivity contribution in [1.29, 1.82) is 5.26 Å². The molecular weight excluding hydrogens is 182 g/mol. The summed E-state index contributed by atoms with van der Waals surface area (Å²) in [5.41, 5.74) is 1.13. The number of aliphatic carboxylic acids is 1. The van der Waals surface area contributed by atoms with Crippen LogP contribution < -0.4 is 0 Å². The van der Waals surface area contributed by atoms with Gasteiger partial charge >= 0.3 is 5.97 Å². The van der Waals surface area contributed by atoms with E-state index in [1.807, 2.05) is 6.07 Å². The molecule has 0 aliphatic carbocycles. The molecule has 0 aliphatic rings. The molecule has 5 heteroatoms. The quantitative estimate of drug-likeness (QED) is 0.719.